The number of amides is 1. The molecule has 0 aromatic heterocycles. The molecule has 1 aromatic rings. The van der Waals surface area contributed by atoms with E-state index in [2.05, 4.69) is 10.6 Å². The van der Waals surface area contributed by atoms with Crippen LogP contribution in [0.4, 0.5) is 18.9 Å². The number of fused-ring (bicyclic) bond motifs is 1. The molecule has 2 N–H and O–H groups in total. The van der Waals surface area contributed by atoms with E-state index in [1.54, 1.807) is 18.2 Å². The number of carbonyl (C=O) groups excluding carboxylic acids is 1. The van der Waals surface area contributed by atoms with Crippen molar-refractivity contribution in [2.75, 3.05) is 18.4 Å². The minimum atomic E-state index is -4.27. The number of ether oxygens (including phenoxy) is 1. The van der Waals surface area contributed by atoms with Crippen molar-refractivity contribution in [1.82, 2.24) is 5.32 Å². The van der Waals surface area contributed by atoms with Crippen LogP contribution in [0, 0.1) is 0 Å². The fraction of sp³-hybridized carbons (Fsp3) is 0.417. The summed E-state index contributed by atoms with van der Waals surface area (Å²) in [5.74, 6) is -0.0315. The van der Waals surface area contributed by atoms with Gasteiger partial charge in [0.15, 0.2) is 6.10 Å². The Kier molecular flexibility index (Phi) is 3.82. The van der Waals surface area contributed by atoms with Gasteiger partial charge in [0.25, 0.3) is 5.91 Å². The predicted molar refractivity (Wildman–Crippen MR) is 63.0 cm³/mol. The van der Waals surface area contributed by atoms with Gasteiger partial charge < -0.3 is 15.4 Å². The fourth-order valence-electron chi connectivity index (χ4n) is 1.70. The molecule has 2 rings (SSSR count). The summed E-state index contributed by atoms with van der Waals surface area (Å²) in [5, 5.41) is 5.21. The summed E-state index contributed by atoms with van der Waals surface area (Å²) in [5.41, 5.74) is 0.766. The molecule has 1 aliphatic rings. The summed E-state index contributed by atoms with van der Waals surface area (Å²) < 4.78 is 41.3. The molecule has 1 aliphatic heterocycles. The minimum absolute atomic E-state index is 0.231. The average molecular weight is 274 g/mol. The average Bonchev–Trinajstić information content (AvgIpc) is 2.36. The molecule has 1 atom stereocenters. The lowest BCUT2D eigenvalue weighted by atomic mass is 10.2. The van der Waals surface area contributed by atoms with Gasteiger partial charge in [0.1, 0.15) is 5.75 Å². The molecule has 19 heavy (non-hydrogen) atoms. The monoisotopic (exact) mass is 274 g/mol. The highest BCUT2D eigenvalue weighted by Gasteiger charge is 2.29. The number of alkyl halides is 3. The molecule has 0 saturated carbocycles. The zero-order valence-electron chi connectivity index (χ0n) is 9.96. The van der Waals surface area contributed by atoms with Gasteiger partial charge in [-0.15, -0.1) is 0 Å². The Balaban J connectivity index is 1.85. The van der Waals surface area contributed by atoms with Gasteiger partial charge in [-0.3, -0.25) is 4.79 Å². The lowest BCUT2D eigenvalue weighted by Crippen LogP contribution is -2.45. The number of hydrogen-bond donors (Lipinski definition) is 2. The van der Waals surface area contributed by atoms with Crippen molar-refractivity contribution in [3.8, 4) is 5.75 Å². The van der Waals surface area contributed by atoms with E-state index in [9.17, 15) is 18.0 Å². The van der Waals surface area contributed by atoms with Crippen LogP contribution in [0.2, 0.25) is 0 Å². The number of halogens is 3. The van der Waals surface area contributed by atoms with E-state index < -0.39 is 31.2 Å². The Morgan fingerprint density at radius 3 is 2.89 bits per heavy atom. The first kappa shape index (κ1) is 13.5. The van der Waals surface area contributed by atoms with Crippen molar-refractivity contribution in [2.45, 2.75) is 18.7 Å². The number of para-hydroxylation sites is 2. The van der Waals surface area contributed by atoms with E-state index in [1.807, 2.05) is 6.07 Å². The van der Waals surface area contributed by atoms with E-state index in [-0.39, 0.29) is 6.54 Å². The first-order chi connectivity index (χ1) is 8.96. The van der Waals surface area contributed by atoms with Crippen LogP contribution >= 0.6 is 0 Å². The SMILES string of the molecule is O=C(NCCC(F)(F)F)C1CNc2ccccc2O1. The molecule has 1 aromatic carbocycles. The molecule has 104 valence electrons. The second-order valence-electron chi connectivity index (χ2n) is 4.14. The summed E-state index contributed by atoms with van der Waals surface area (Å²) in [7, 11) is 0. The molecule has 0 aliphatic carbocycles. The standard InChI is InChI=1S/C12H13F3N2O2/c13-12(14,15)5-6-16-11(18)10-7-17-8-3-1-2-4-9(8)19-10/h1-4,10,17H,5-7H2,(H,16,18). The van der Waals surface area contributed by atoms with Crippen molar-refractivity contribution in [3.63, 3.8) is 0 Å². The van der Waals surface area contributed by atoms with Crippen LogP contribution in [0.5, 0.6) is 5.75 Å². The van der Waals surface area contributed by atoms with Crippen LogP contribution in [-0.2, 0) is 4.79 Å². The highest BCUT2D eigenvalue weighted by molar-refractivity contribution is 5.83. The number of anilines is 1. The minimum Gasteiger partial charge on any atom is -0.477 e. The summed E-state index contributed by atoms with van der Waals surface area (Å²) in [6, 6.07) is 7.06. The largest absolute Gasteiger partial charge is 0.477 e. The van der Waals surface area contributed by atoms with Crippen molar-refractivity contribution >= 4 is 11.6 Å². The number of benzene rings is 1. The molecule has 7 heteroatoms. The zero-order chi connectivity index (χ0) is 13.9. The van der Waals surface area contributed by atoms with E-state index in [0.29, 0.717) is 5.75 Å². The van der Waals surface area contributed by atoms with Crippen molar-refractivity contribution in [3.05, 3.63) is 24.3 Å². The topological polar surface area (TPSA) is 50.4 Å². The normalized spacial score (nSPS) is 17.9. The quantitative estimate of drug-likeness (QED) is 0.885. The second kappa shape index (κ2) is 5.38. The third kappa shape index (κ3) is 3.77. The highest BCUT2D eigenvalue weighted by Crippen LogP contribution is 2.28. The van der Waals surface area contributed by atoms with Gasteiger partial charge in [-0.2, -0.15) is 13.2 Å². The molecule has 1 unspecified atom stereocenters. The van der Waals surface area contributed by atoms with Crippen LogP contribution in [0.15, 0.2) is 24.3 Å². The molecule has 4 nitrogen and oxygen atoms in total. The zero-order valence-corrected chi connectivity index (χ0v) is 9.96. The molecule has 0 spiro atoms. The Morgan fingerprint density at radius 1 is 1.42 bits per heavy atom. The van der Waals surface area contributed by atoms with Gasteiger partial charge >= 0.3 is 6.18 Å². The van der Waals surface area contributed by atoms with Gasteiger partial charge in [0.2, 0.25) is 0 Å². The summed E-state index contributed by atoms with van der Waals surface area (Å²) in [6.45, 7) is -0.210. The van der Waals surface area contributed by atoms with E-state index in [1.165, 1.54) is 0 Å². The summed E-state index contributed by atoms with van der Waals surface area (Å²) in [4.78, 5) is 11.7. The number of carbonyl (C=O) groups is 1. The van der Waals surface area contributed by atoms with Crippen LogP contribution in [0.1, 0.15) is 6.42 Å². The second-order valence-corrected chi connectivity index (χ2v) is 4.14. The Labute approximate surface area is 107 Å². The molecule has 0 saturated heterocycles. The number of rotatable bonds is 3. The van der Waals surface area contributed by atoms with Crippen molar-refractivity contribution < 1.29 is 22.7 Å². The third-order valence-electron chi connectivity index (χ3n) is 2.63. The van der Waals surface area contributed by atoms with E-state index in [4.69, 9.17) is 4.74 Å². The van der Waals surface area contributed by atoms with Gasteiger partial charge in [-0.05, 0) is 12.1 Å². The lowest BCUT2D eigenvalue weighted by molar-refractivity contribution is -0.137. The summed E-state index contributed by atoms with van der Waals surface area (Å²) in [6.07, 6.45) is -6.13. The molecule has 1 heterocycles. The molecule has 0 radical (unpaired) electrons. The van der Waals surface area contributed by atoms with E-state index in [0.717, 1.165) is 5.69 Å². The predicted octanol–water partition coefficient (Wildman–Crippen LogP) is 1.93. The maximum Gasteiger partial charge on any atom is 0.390 e. The van der Waals surface area contributed by atoms with E-state index >= 15 is 0 Å². The van der Waals surface area contributed by atoms with Crippen LogP contribution in [-0.4, -0.2) is 31.3 Å². The fourth-order valence-corrected chi connectivity index (χ4v) is 1.70. The van der Waals surface area contributed by atoms with Crippen LogP contribution in [0.25, 0.3) is 0 Å². The van der Waals surface area contributed by atoms with Gasteiger partial charge in [0.05, 0.1) is 18.7 Å². The Bertz CT molecular complexity index is 463. The molecule has 0 fully saturated rings. The van der Waals surface area contributed by atoms with Crippen molar-refractivity contribution in [2.24, 2.45) is 0 Å². The first-order valence-corrected chi connectivity index (χ1v) is 5.80. The Morgan fingerprint density at radius 2 is 2.16 bits per heavy atom. The Hall–Kier alpha value is -1.92. The first-order valence-electron chi connectivity index (χ1n) is 5.80. The highest BCUT2D eigenvalue weighted by atomic mass is 19.4. The van der Waals surface area contributed by atoms with Crippen LogP contribution in [0.3, 0.4) is 0 Å². The van der Waals surface area contributed by atoms with Gasteiger partial charge in [0, 0.05) is 6.54 Å². The van der Waals surface area contributed by atoms with Crippen LogP contribution < -0.4 is 15.4 Å². The van der Waals surface area contributed by atoms with Crippen molar-refractivity contribution in [1.29, 1.82) is 0 Å². The molecular formula is C12H13F3N2O2. The smallest absolute Gasteiger partial charge is 0.390 e. The van der Waals surface area contributed by atoms with Gasteiger partial charge in [-0.1, -0.05) is 12.1 Å². The lowest BCUT2D eigenvalue weighted by Gasteiger charge is -2.26. The maximum absolute atomic E-state index is 12.0. The number of hydrogen-bond acceptors (Lipinski definition) is 3. The molecule has 1 amide bonds. The molecular weight excluding hydrogens is 261 g/mol. The molecule has 0 bridgehead atoms. The summed E-state index contributed by atoms with van der Waals surface area (Å²) >= 11 is 0. The van der Waals surface area contributed by atoms with Gasteiger partial charge in [-0.25, -0.2) is 0 Å². The number of nitrogens with one attached hydrogen (secondary N) is 2. The maximum atomic E-state index is 12.0. The third-order valence-corrected chi connectivity index (χ3v) is 2.63.